The average Bonchev–Trinajstić information content (AvgIpc) is 3.22. The third kappa shape index (κ3) is 5.77. The minimum Gasteiger partial charge on any atom is -0.359 e. The van der Waals surface area contributed by atoms with Gasteiger partial charge in [-0.25, -0.2) is 9.97 Å². The standard InChI is InChI=1S/C23H31N5OS/c1-4-28(5-2)14-9-13-24-21(29)12-15-27(3)22-19-16-20(18-10-7-6-8-11-18)30-23(19)26-17-25-22/h6-8,10-11,16-17H,4-5,9,12-15H2,1-3H3,(H,24,29). The first-order chi connectivity index (χ1) is 14.6. The molecule has 0 fully saturated rings. The highest BCUT2D eigenvalue weighted by Gasteiger charge is 2.14. The van der Waals surface area contributed by atoms with Crippen molar-refractivity contribution in [1.82, 2.24) is 20.2 Å². The van der Waals surface area contributed by atoms with Crippen molar-refractivity contribution in [2.24, 2.45) is 0 Å². The Labute approximate surface area is 182 Å². The van der Waals surface area contributed by atoms with Gasteiger partial charge in [0.1, 0.15) is 17.0 Å². The van der Waals surface area contributed by atoms with E-state index >= 15 is 0 Å². The Morgan fingerprint density at radius 2 is 1.87 bits per heavy atom. The second-order valence-corrected chi connectivity index (χ2v) is 8.33. The molecule has 2 heterocycles. The van der Waals surface area contributed by atoms with E-state index in [4.69, 9.17) is 0 Å². The predicted molar refractivity (Wildman–Crippen MR) is 126 cm³/mol. The SMILES string of the molecule is CCN(CC)CCCNC(=O)CCN(C)c1ncnc2sc(-c3ccccc3)cc12. The Morgan fingerprint density at radius 1 is 1.10 bits per heavy atom. The number of thiophene rings is 1. The van der Waals surface area contributed by atoms with Crippen molar-refractivity contribution < 1.29 is 4.79 Å². The van der Waals surface area contributed by atoms with E-state index in [-0.39, 0.29) is 5.91 Å². The molecular formula is C23H31N5OS. The van der Waals surface area contributed by atoms with E-state index in [9.17, 15) is 4.79 Å². The van der Waals surface area contributed by atoms with Gasteiger partial charge in [-0.1, -0.05) is 44.2 Å². The van der Waals surface area contributed by atoms with E-state index in [1.54, 1.807) is 17.7 Å². The maximum absolute atomic E-state index is 12.2. The van der Waals surface area contributed by atoms with Gasteiger partial charge in [0.25, 0.3) is 0 Å². The van der Waals surface area contributed by atoms with Gasteiger partial charge in [-0.15, -0.1) is 11.3 Å². The molecule has 1 amide bonds. The summed E-state index contributed by atoms with van der Waals surface area (Å²) >= 11 is 1.66. The molecule has 0 aliphatic carbocycles. The lowest BCUT2D eigenvalue weighted by molar-refractivity contribution is -0.120. The Morgan fingerprint density at radius 3 is 2.60 bits per heavy atom. The number of aromatic nitrogens is 2. The van der Waals surface area contributed by atoms with Gasteiger partial charge in [0.05, 0.1) is 5.39 Å². The monoisotopic (exact) mass is 425 g/mol. The number of hydrogen-bond acceptors (Lipinski definition) is 6. The number of carbonyl (C=O) groups excluding carboxylic acids is 1. The zero-order valence-electron chi connectivity index (χ0n) is 18.1. The number of nitrogens with one attached hydrogen (secondary N) is 1. The average molecular weight is 426 g/mol. The number of rotatable bonds is 11. The van der Waals surface area contributed by atoms with E-state index in [2.05, 4.69) is 52.2 Å². The predicted octanol–water partition coefficient (Wildman–Crippen LogP) is 4.03. The normalized spacial score (nSPS) is 11.2. The Balaban J connectivity index is 1.56. The Kier molecular flexibility index (Phi) is 8.16. The molecule has 2 aromatic heterocycles. The zero-order chi connectivity index (χ0) is 21.3. The molecule has 0 atom stereocenters. The quantitative estimate of drug-likeness (QED) is 0.470. The molecule has 0 spiro atoms. The third-order valence-electron chi connectivity index (χ3n) is 5.27. The fourth-order valence-corrected chi connectivity index (χ4v) is 4.42. The first-order valence-corrected chi connectivity index (χ1v) is 11.4. The molecular weight excluding hydrogens is 394 g/mol. The van der Waals surface area contributed by atoms with Crippen molar-refractivity contribution in [2.75, 3.05) is 44.7 Å². The molecule has 0 saturated carbocycles. The van der Waals surface area contributed by atoms with Gasteiger partial charge in [0.15, 0.2) is 0 Å². The summed E-state index contributed by atoms with van der Waals surface area (Å²) in [5.74, 6) is 0.953. The molecule has 3 rings (SSSR count). The fraction of sp³-hybridized carbons (Fsp3) is 0.435. The van der Waals surface area contributed by atoms with Crippen LogP contribution in [-0.2, 0) is 4.79 Å². The summed E-state index contributed by atoms with van der Waals surface area (Å²) in [5.41, 5.74) is 1.18. The molecule has 0 aliphatic rings. The van der Waals surface area contributed by atoms with Crippen molar-refractivity contribution in [3.05, 3.63) is 42.7 Å². The minimum atomic E-state index is 0.0852. The molecule has 160 valence electrons. The summed E-state index contributed by atoms with van der Waals surface area (Å²) in [6, 6.07) is 12.5. The molecule has 30 heavy (non-hydrogen) atoms. The van der Waals surface area contributed by atoms with Crippen LogP contribution in [0.25, 0.3) is 20.7 Å². The number of benzene rings is 1. The first kappa shape index (κ1) is 22.2. The largest absolute Gasteiger partial charge is 0.359 e. The molecule has 1 aromatic carbocycles. The molecule has 1 N–H and O–H groups in total. The lowest BCUT2D eigenvalue weighted by Gasteiger charge is -2.19. The summed E-state index contributed by atoms with van der Waals surface area (Å²) in [6.45, 7) is 8.80. The summed E-state index contributed by atoms with van der Waals surface area (Å²) in [4.78, 5) is 27.7. The summed E-state index contributed by atoms with van der Waals surface area (Å²) in [6.07, 6.45) is 3.03. The van der Waals surface area contributed by atoms with Gasteiger partial charge >= 0.3 is 0 Å². The second-order valence-electron chi connectivity index (χ2n) is 7.29. The van der Waals surface area contributed by atoms with E-state index in [1.807, 2.05) is 30.1 Å². The van der Waals surface area contributed by atoms with E-state index in [0.717, 1.165) is 48.6 Å². The van der Waals surface area contributed by atoms with Crippen LogP contribution in [0.3, 0.4) is 0 Å². The molecule has 0 aliphatic heterocycles. The second kappa shape index (κ2) is 11.0. The molecule has 0 unspecified atom stereocenters. The van der Waals surface area contributed by atoms with Crippen LogP contribution in [0.5, 0.6) is 0 Å². The van der Waals surface area contributed by atoms with E-state index in [1.165, 1.54) is 10.4 Å². The van der Waals surface area contributed by atoms with Gasteiger partial charge in [-0.2, -0.15) is 0 Å². The van der Waals surface area contributed by atoms with Crippen molar-refractivity contribution in [3.8, 4) is 10.4 Å². The number of anilines is 1. The maximum atomic E-state index is 12.2. The fourth-order valence-electron chi connectivity index (χ4n) is 3.43. The van der Waals surface area contributed by atoms with Crippen LogP contribution in [0.4, 0.5) is 5.82 Å². The molecule has 6 nitrogen and oxygen atoms in total. The maximum Gasteiger partial charge on any atom is 0.221 e. The number of amides is 1. The molecule has 0 bridgehead atoms. The van der Waals surface area contributed by atoms with Gasteiger partial charge < -0.3 is 15.1 Å². The van der Waals surface area contributed by atoms with Gasteiger partial charge in [-0.05, 0) is 37.7 Å². The van der Waals surface area contributed by atoms with Gasteiger partial charge in [0, 0.05) is 31.4 Å². The smallest absolute Gasteiger partial charge is 0.221 e. The van der Waals surface area contributed by atoms with Crippen LogP contribution in [0.15, 0.2) is 42.7 Å². The van der Waals surface area contributed by atoms with Gasteiger partial charge in [0.2, 0.25) is 5.91 Å². The summed E-state index contributed by atoms with van der Waals surface area (Å²) in [5, 5.41) is 4.06. The molecule has 0 radical (unpaired) electrons. The van der Waals surface area contributed by atoms with Gasteiger partial charge in [-0.3, -0.25) is 4.79 Å². The third-order valence-corrected chi connectivity index (χ3v) is 6.36. The van der Waals surface area contributed by atoms with E-state index < -0.39 is 0 Å². The highest BCUT2D eigenvalue weighted by molar-refractivity contribution is 7.21. The zero-order valence-corrected chi connectivity index (χ0v) is 18.9. The van der Waals surface area contributed by atoms with Crippen molar-refractivity contribution in [2.45, 2.75) is 26.7 Å². The number of fused-ring (bicyclic) bond motifs is 1. The number of hydrogen-bond donors (Lipinski definition) is 1. The Hall–Kier alpha value is -2.51. The highest BCUT2D eigenvalue weighted by Crippen LogP contribution is 2.35. The number of carbonyl (C=O) groups is 1. The van der Waals surface area contributed by atoms with Crippen LogP contribution in [0.2, 0.25) is 0 Å². The van der Waals surface area contributed by atoms with Crippen LogP contribution < -0.4 is 10.2 Å². The van der Waals surface area contributed by atoms with Crippen LogP contribution >= 0.6 is 11.3 Å². The molecule has 0 saturated heterocycles. The van der Waals surface area contributed by atoms with Crippen LogP contribution in [0.1, 0.15) is 26.7 Å². The Bertz CT molecular complexity index is 939. The molecule has 3 aromatic rings. The minimum absolute atomic E-state index is 0.0852. The lowest BCUT2D eigenvalue weighted by atomic mass is 10.2. The van der Waals surface area contributed by atoms with Crippen LogP contribution in [0, 0.1) is 0 Å². The van der Waals surface area contributed by atoms with Crippen molar-refractivity contribution >= 4 is 33.3 Å². The van der Waals surface area contributed by atoms with E-state index in [0.29, 0.717) is 13.0 Å². The van der Waals surface area contributed by atoms with Crippen molar-refractivity contribution in [1.29, 1.82) is 0 Å². The first-order valence-electron chi connectivity index (χ1n) is 10.6. The summed E-state index contributed by atoms with van der Waals surface area (Å²) < 4.78 is 0. The number of nitrogens with zero attached hydrogens (tertiary/aromatic N) is 4. The molecule has 7 heteroatoms. The lowest BCUT2D eigenvalue weighted by Crippen LogP contribution is -2.32. The summed E-state index contributed by atoms with van der Waals surface area (Å²) in [7, 11) is 1.98. The highest BCUT2D eigenvalue weighted by atomic mass is 32.1. The van der Waals surface area contributed by atoms with Crippen molar-refractivity contribution in [3.63, 3.8) is 0 Å². The van der Waals surface area contributed by atoms with Crippen LogP contribution in [-0.4, -0.2) is 60.5 Å². The topological polar surface area (TPSA) is 61.4 Å².